The van der Waals surface area contributed by atoms with Crippen LogP contribution in [0.5, 0.6) is 0 Å². The largest absolute Gasteiger partial charge is 0.393 e. The summed E-state index contributed by atoms with van der Waals surface area (Å²) in [6, 6.07) is 0. The number of ether oxygens (including phenoxy) is 1. The van der Waals surface area contributed by atoms with E-state index in [0.717, 1.165) is 6.42 Å². The molecule has 15 heavy (non-hydrogen) atoms. The smallest absolute Gasteiger partial charge is 0.150 e. The van der Waals surface area contributed by atoms with Gasteiger partial charge >= 0.3 is 0 Å². The zero-order valence-electron chi connectivity index (χ0n) is 9.61. The molecule has 0 aromatic carbocycles. The van der Waals surface area contributed by atoms with Gasteiger partial charge in [-0.25, -0.2) is 8.42 Å². The minimum atomic E-state index is -2.88. The van der Waals surface area contributed by atoms with Crippen LogP contribution in [0.1, 0.15) is 32.6 Å². The van der Waals surface area contributed by atoms with E-state index in [4.69, 9.17) is 4.74 Å². The van der Waals surface area contributed by atoms with Crippen molar-refractivity contribution in [2.24, 2.45) is 0 Å². The molecule has 1 unspecified atom stereocenters. The minimum absolute atomic E-state index is 0.185. The van der Waals surface area contributed by atoms with Crippen LogP contribution >= 0.6 is 0 Å². The van der Waals surface area contributed by atoms with Crippen molar-refractivity contribution < 1.29 is 18.3 Å². The van der Waals surface area contributed by atoms with Crippen molar-refractivity contribution in [3.8, 4) is 0 Å². The molecule has 0 fully saturated rings. The number of methoxy groups -OCH3 is 1. The molecule has 0 aromatic heterocycles. The molecular weight excluding hydrogens is 216 g/mol. The second-order valence-corrected chi connectivity index (χ2v) is 6.14. The monoisotopic (exact) mass is 238 g/mol. The Morgan fingerprint density at radius 2 is 1.87 bits per heavy atom. The minimum Gasteiger partial charge on any atom is -0.393 e. The van der Waals surface area contributed by atoms with E-state index in [-0.39, 0.29) is 11.5 Å². The van der Waals surface area contributed by atoms with Crippen LogP contribution in [-0.2, 0) is 14.6 Å². The van der Waals surface area contributed by atoms with E-state index in [1.54, 1.807) is 14.0 Å². The summed E-state index contributed by atoms with van der Waals surface area (Å²) < 4.78 is 27.1. The van der Waals surface area contributed by atoms with Gasteiger partial charge in [-0.1, -0.05) is 6.92 Å². The van der Waals surface area contributed by atoms with E-state index < -0.39 is 15.9 Å². The van der Waals surface area contributed by atoms with Crippen molar-refractivity contribution in [1.29, 1.82) is 0 Å². The molecule has 4 nitrogen and oxygen atoms in total. The third-order valence-corrected chi connectivity index (χ3v) is 4.11. The number of rotatable bonds is 9. The first-order valence-corrected chi connectivity index (χ1v) is 7.21. The van der Waals surface area contributed by atoms with Gasteiger partial charge in [-0.15, -0.1) is 0 Å². The maximum absolute atomic E-state index is 11.1. The van der Waals surface area contributed by atoms with E-state index in [2.05, 4.69) is 0 Å². The highest BCUT2D eigenvalue weighted by atomic mass is 32.2. The third kappa shape index (κ3) is 8.84. The normalized spacial score (nSPS) is 14.1. The van der Waals surface area contributed by atoms with Gasteiger partial charge in [0.15, 0.2) is 0 Å². The lowest BCUT2D eigenvalue weighted by atomic mass is 10.1. The molecule has 0 rings (SSSR count). The van der Waals surface area contributed by atoms with Crippen molar-refractivity contribution in [2.75, 3.05) is 25.2 Å². The topological polar surface area (TPSA) is 63.6 Å². The number of hydrogen-bond acceptors (Lipinski definition) is 4. The highest BCUT2D eigenvalue weighted by Crippen LogP contribution is 2.06. The van der Waals surface area contributed by atoms with E-state index >= 15 is 0 Å². The van der Waals surface area contributed by atoms with E-state index in [1.165, 1.54) is 0 Å². The number of aliphatic hydroxyl groups is 1. The molecule has 0 amide bonds. The van der Waals surface area contributed by atoms with Crippen molar-refractivity contribution in [1.82, 2.24) is 0 Å². The standard InChI is InChI=1S/C10H22O4S/c1-3-15(12,13)9-5-7-10(11)6-4-8-14-2/h10-11H,3-9H2,1-2H3. The van der Waals surface area contributed by atoms with Crippen LogP contribution < -0.4 is 0 Å². The molecule has 0 aliphatic carbocycles. The zero-order chi connectivity index (χ0) is 11.7. The summed E-state index contributed by atoms with van der Waals surface area (Å²) in [4.78, 5) is 0. The van der Waals surface area contributed by atoms with Crippen LogP contribution in [0.25, 0.3) is 0 Å². The summed E-state index contributed by atoms with van der Waals surface area (Å²) in [5.41, 5.74) is 0. The van der Waals surface area contributed by atoms with Gasteiger partial charge in [0.25, 0.3) is 0 Å². The lowest BCUT2D eigenvalue weighted by molar-refractivity contribution is 0.128. The van der Waals surface area contributed by atoms with Gasteiger partial charge in [-0.2, -0.15) is 0 Å². The van der Waals surface area contributed by atoms with Gasteiger partial charge in [0.1, 0.15) is 9.84 Å². The average molecular weight is 238 g/mol. The number of aliphatic hydroxyl groups excluding tert-OH is 1. The summed E-state index contributed by atoms with van der Waals surface area (Å²) in [6.07, 6.45) is 2.21. The van der Waals surface area contributed by atoms with Gasteiger partial charge in [0.2, 0.25) is 0 Å². The fourth-order valence-corrected chi connectivity index (χ4v) is 2.19. The van der Waals surface area contributed by atoms with Crippen LogP contribution in [0, 0.1) is 0 Å². The van der Waals surface area contributed by atoms with Crippen molar-refractivity contribution >= 4 is 9.84 Å². The van der Waals surface area contributed by atoms with Gasteiger partial charge in [-0.05, 0) is 25.7 Å². The fraction of sp³-hybridized carbons (Fsp3) is 1.00. The van der Waals surface area contributed by atoms with E-state index in [0.29, 0.717) is 25.9 Å². The Bertz CT molecular complexity index is 236. The molecule has 0 aliphatic rings. The van der Waals surface area contributed by atoms with Crippen molar-refractivity contribution in [3.63, 3.8) is 0 Å². The number of sulfone groups is 1. The SMILES string of the molecule is CCS(=O)(=O)CCCC(O)CCCOC. The Morgan fingerprint density at radius 3 is 2.40 bits per heavy atom. The zero-order valence-corrected chi connectivity index (χ0v) is 10.4. The lowest BCUT2D eigenvalue weighted by Gasteiger charge is -2.09. The molecule has 0 heterocycles. The van der Waals surface area contributed by atoms with Crippen molar-refractivity contribution in [2.45, 2.75) is 38.7 Å². The molecule has 92 valence electrons. The summed E-state index contributed by atoms with van der Waals surface area (Å²) in [6.45, 7) is 2.29. The second-order valence-electron chi connectivity index (χ2n) is 3.67. The van der Waals surface area contributed by atoms with Gasteiger partial charge in [-0.3, -0.25) is 0 Å². The maximum atomic E-state index is 11.1. The lowest BCUT2D eigenvalue weighted by Crippen LogP contribution is -2.13. The molecule has 1 N–H and O–H groups in total. The second kappa shape index (κ2) is 8.07. The Balaban J connectivity index is 3.50. The van der Waals surface area contributed by atoms with Gasteiger partial charge in [0.05, 0.1) is 11.9 Å². The van der Waals surface area contributed by atoms with Gasteiger partial charge < -0.3 is 9.84 Å². The van der Waals surface area contributed by atoms with E-state index in [1.807, 2.05) is 0 Å². The molecule has 0 aromatic rings. The summed E-state index contributed by atoms with van der Waals surface area (Å²) in [7, 11) is -1.25. The Kier molecular flexibility index (Phi) is 8.00. The number of hydrogen-bond donors (Lipinski definition) is 1. The first kappa shape index (κ1) is 14.9. The third-order valence-electron chi connectivity index (χ3n) is 2.32. The molecule has 0 spiro atoms. The Morgan fingerprint density at radius 1 is 1.27 bits per heavy atom. The predicted octanol–water partition coefficient (Wildman–Crippen LogP) is 0.989. The molecule has 1 atom stereocenters. The van der Waals surface area contributed by atoms with Crippen LogP contribution in [0.15, 0.2) is 0 Å². The van der Waals surface area contributed by atoms with E-state index in [9.17, 15) is 13.5 Å². The Labute approximate surface area is 92.6 Å². The summed E-state index contributed by atoms with van der Waals surface area (Å²) in [5, 5.41) is 9.49. The molecule has 0 bridgehead atoms. The molecule has 0 saturated heterocycles. The van der Waals surface area contributed by atoms with Crippen LogP contribution in [0.3, 0.4) is 0 Å². The van der Waals surface area contributed by atoms with Crippen LogP contribution in [-0.4, -0.2) is 44.9 Å². The first-order chi connectivity index (χ1) is 7.02. The first-order valence-electron chi connectivity index (χ1n) is 5.39. The molecule has 0 aliphatic heterocycles. The van der Waals surface area contributed by atoms with Crippen LogP contribution in [0.4, 0.5) is 0 Å². The highest BCUT2D eigenvalue weighted by molar-refractivity contribution is 7.91. The molecule has 5 heteroatoms. The average Bonchev–Trinajstić information content (AvgIpc) is 2.18. The quantitative estimate of drug-likeness (QED) is 0.608. The predicted molar refractivity (Wildman–Crippen MR) is 60.7 cm³/mol. The molecule has 0 radical (unpaired) electrons. The summed E-state index contributed by atoms with van der Waals surface area (Å²) >= 11 is 0. The summed E-state index contributed by atoms with van der Waals surface area (Å²) in [5.74, 6) is 0.373. The molecular formula is C10H22O4S. The molecule has 0 saturated carbocycles. The maximum Gasteiger partial charge on any atom is 0.150 e. The fourth-order valence-electron chi connectivity index (χ4n) is 1.29. The van der Waals surface area contributed by atoms with Crippen molar-refractivity contribution in [3.05, 3.63) is 0 Å². The van der Waals surface area contributed by atoms with Gasteiger partial charge in [0, 0.05) is 19.5 Å². The highest BCUT2D eigenvalue weighted by Gasteiger charge is 2.09. The Hall–Kier alpha value is -0.130. The van der Waals surface area contributed by atoms with Crippen LogP contribution in [0.2, 0.25) is 0 Å².